The summed E-state index contributed by atoms with van der Waals surface area (Å²) >= 11 is 0. The Kier molecular flexibility index (Phi) is 5.41. The number of rotatable bonds is 5. The molecule has 0 saturated carbocycles. The Morgan fingerprint density at radius 2 is 1.79 bits per heavy atom. The van der Waals surface area contributed by atoms with Crippen molar-refractivity contribution >= 4 is 11.9 Å². The van der Waals surface area contributed by atoms with E-state index in [2.05, 4.69) is 16.3 Å². The molecule has 2 fully saturated rings. The molecule has 1 N–H and O–H groups in total. The molecule has 2 saturated heterocycles. The van der Waals surface area contributed by atoms with E-state index in [1.807, 2.05) is 30.3 Å². The molecule has 2 aliphatic heterocycles. The van der Waals surface area contributed by atoms with Gasteiger partial charge in [-0.15, -0.1) is 0 Å². The number of halogens is 1. The van der Waals surface area contributed by atoms with Crippen molar-refractivity contribution in [2.24, 2.45) is 0 Å². The second-order valence-corrected chi connectivity index (χ2v) is 9.35. The van der Waals surface area contributed by atoms with Gasteiger partial charge < -0.3 is 10.2 Å². The summed E-state index contributed by atoms with van der Waals surface area (Å²) in [6, 6.07) is 16.6. The van der Waals surface area contributed by atoms with E-state index in [0.717, 1.165) is 43.6 Å². The number of likely N-dealkylation sites (tertiary alicyclic amines) is 1. The molecule has 1 spiro atoms. The number of carbonyl (C=O) groups is 2. The predicted molar refractivity (Wildman–Crippen MR) is 121 cm³/mol. The molecule has 0 aromatic heterocycles. The quantitative estimate of drug-likeness (QED) is 0.714. The van der Waals surface area contributed by atoms with Gasteiger partial charge in [-0.1, -0.05) is 36.4 Å². The number of carbonyl (C=O) groups excluding carboxylic acids is 2. The fourth-order valence-corrected chi connectivity index (χ4v) is 5.63. The zero-order valence-electron chi connectivity index (χ0n) is 18.5. The minimum Gasteiger partial charge on any atom is -0.319 e. The lowest BCUT2D eigenvalue weighted by molar-refractivity contribution is -0.131. The molecular formula is C26H27FN4O2. The number of nitriles is 1. The molecule has 2 heterocycles. The number of nitrogens with zero attached hydrogens (tertiary/aromatic N) is 3. The van der Waals surface area contributed by atoms with Gasteiger partial charge in [-0.3, -0.25) is 9.69 Å². The SMILES string of the molecule is N#CC1(c2ccccc2)CCN(CCCN2C(=O)NC3(CCc4ccc(F)cc43)C2=O)CC1. The topological polar surface area (TPSA) is 76.4 Å². The van der Waals surface area contributed by atoms with Crippen LogP contribution in [0.25, 0.3) is 0 Å². The minimum atomic E-state index is -1.12. The van der Waals surface area contributed by atoms with Gasteiger partial charge in [0.2, 0.25) is 0 Å². The third kappa shape index (κ3) is 3.59. The molecule has 2 aromatic rings. The van der Waals surface area contributed by atoms with Crippen LogP contribution in [0.4, 0.5) is 9.18 Å². The Bertz CT molecular complexity index is 1120. The normalized spacial score (nSPS) is 24.1. The number of hydrogen-bond acceptors (Lipinski definition) is 4. The summed E-state index contributed by atoms with van der Waals surface area (Å²) in [6.45, 7) is 2.69. The number of aryl methyl sites for hydroxylation is 1. The Labute approximate surface area is 193 Å². The average molecular weight is 447 g/mol. The van der Waals surface area contributed by atoms with Crippen molar-refractivity contribution in [1.82, 2.24) is 15.1 Å². The van der Waals surface area contributed by atoms with Crippen LogP contribution in [-0.2, 0) is 22.2 Å². The zero-order chi connectivity index (χ0) is 23.1. The number of benzene rings is 2. The molecule has 170 valence electrons. The van der Waals surface area contributed by atoms with Crippen LogP contribution in [0, 0.1) is 17.1 Å². The average Bonchev–Trinajstić information content (AvgIpc) is 3.32. The maximum absolute atomic E-state index is 13.9. The lowest BCUT2D eigenvalue weighted by Crippen LogP contribution is -2.43. The highest BCUT2D eigenvalue weighted by molar-refractivity contribution is 6.08. The molecule has 33 heavy (non-hydrogen) atoms. The maximum Gasteiger partial charge on any atom is 0.325 e. The molecule has 3 amide bonds. The first kappa shape index (κ1) is 21.6. The largest absolute Gasteiger partial charge is 0.325 e. The summed E-state index contributed by atoms with van der Waals surface area (Å²) in [4.78, 5) is 29.5. The lowest BCUT2D eigenvalue weighted by Gasteiger charge is -2.37. The van der Waals surface area contributed by atoms with Crippen molar-refractivity contribution in [3.05, 3.63) is 71.0 Å². The van der Waals surface area contributed by atoms with Crippen LogP contribution in [0.3, 0.4) is 0 Å². The van der Waals surface area contributed by atoms with Crippen LogP contribution in [0.2, 0.25) is 0 Å². The van der Waals surface area contributed by atoms with Gasteiger partial charge >= 0.3 is 6.03 Å². The highest BCUT2D eigenvalue weighted by atomic mass is 19.1. The molecule has 1 aliphatic carbocycles. The second kappa shape index (κ2) is 8.27. The Morgan fingerprint density at radius 3 is 2.52 bits per heavy atom. The number of amides is 3. The van der Waals surface area contributed by atoms with Gasteiger partial charge in [-0.05, 0) is 80.6 Å². The van der Waals surface area contributed by atoms with Gasteiger partial charge in [0.05, 0.1) is 11.5 Å². The van der Waals surface area contributed by atoms with Gasteiger partial charge in [-0.2, -0.15) is 5.26 Å². The molecule has 5 rings (SSSR count). The molecule has 2 aromatic carbocycles. The summed E-state index contributed by atoms with van der Waals surface area (Å²) in [6.07, 6.45) is 3.31. The van der Waals surface area contributed by atoms with Gasteiger partial charge in [0.25, 0.3) is 5.91 Å². The maximum atomic E-state index is 13.9. The van der Waals surface area contributed by atoms with Gasteiger partial charge in [0.15, 0.2) is 0 Å². The van der Waals surface area contributed by atoms with Gasteiger partial charge in [0, 0.05) is 6.54 Å². The van der Waals surface area contributed by atoms with Crippen LogP contribution in [0.5, 0.6) is 0 Å². The Balaban J connectivity index is 1.18. The molecule has 1 unspecified atom stereocenters. The number of hydrogen-bond donors (Lipinski definition) is 1. The van der Waals surface area contributed by atoms with Gasteiger partial charge in [0.1, 0.15) is 11.4 Å². The molecule has 0 bridgehead atoms. The van der Waals surface area contributed by atoms with Gasteiger partial charge in [-0.25, -0.2) is 9.18 Å². The van der Waals surface area contributed by atoms with E-state index >= 15 is 0 Å². The third-order valence-corrected chi connectivity index (χ3v) is 7.58. The summed E-state index contributed by atoms with van der Waals surface area (Å²) in [5, 5.41) is 12.7. The molecule has 6 nitrogen and oxygen atoms in total. The smallest absolute Gasteiger partial charge is 0.319 e. The monoisotopic (exact) mass is 446 g/mol. The first-order chi connectivity index (χ1) is 16.0. The number of imide groups is 1. The fourth-order valence-electron chi connectivity index (χ4n) is 5.63. The highest BCUT2D eigenvalue weighted by Crippen LogP contribution is 2.41. The summed E-state index contributed by atoms with van der Waals surface area (Å²) in [5.41, 5.74) is 1.01. The summed E-state index contributed by atoms with van der Waals surface area (Å²) < 4.78 is 13.9. The Morgan fingerprint density at radius 1 is 1.03 bits per heavy atom. The number of nitrogens with one attached hydrogen (secondary N) is 1. The predicted octanol–water partition coefficient (Wildman–Crippen LogP) is 3.47. The van der Waals surface area contributed by atoms with Crippen LogP contribution in [0.1, 0.15) is 42.4 Å². The van der Waals surface area contributed by atoms with Crippen molar-refractivity contribution in [1.29, 1.82) is 5.26 Å². The summed E-state index contributed by atoms with van der Waals surface area (Å²) in [5.74, 6) is -0.673. The van der Waals surface area contributed by atoms with E-state index in [-0.39, 0.29) is 5.91 Å². The van der Waals surface area contributed by atoms with Crippen LogP contribution in [-0.4, -0.2) is 47.9 Å². The number of urea groups is 1. The van der Waals surface area contributed by atoms with E-state index in [1.165, 1.54) is 17.0 Å². The lowest BCUT2D eigenvalue weighted by atomic mass is 9.74. The first-order valence-electron chi connectivity index (χ1n) is 11.6. The van der Waals surface area contributed by atoms with E-state index in [4.69, 9.17) is 0 Å². The van der Waals surface area contributed by atoms with E-state index in [1.54, 1.807) is 6.07 Å². The standard InChI is InChI=1S/C26H27FN4O2/c27-21-8-7-19-9-10-26(22(19)17-21)23(32)31(24(33)29-26)14-4-13-30-15-11-25(18-28,12-16-30)20-5-2-1-3-6-20/h1-3,5-8,17H,4,9-16H2,(H,29,33). The van der Waals surface area contributed by atoms with Crippen molar-refractivity contribution in [3.8, 4) is 6.07 Å². The third-order valence-electron chi connectivity index (χ3n) is 7.58. The molecule has 3 aliphatic rings. The molecule has 7 heteroatoms. The van der Waals surface area contributed by atoms with Crippen LogP contribution < -0.4 is 5.32 Å². The highest BCUT2D eigenvalue weighted by Gasteiger charge is 2.55. The zero-order valence-corrected chi connectivity index (χ0v) is 18.5. The van der Waals surface area contributed by atoms with Crippen molar-refractivity contribution in [3.63, 3.8) is 0 Å². The first-order valence-corrected chi connectivity index (χ1v) is 11.6. The second-order valence-electron chi connectivity index (χ2n) is 9.35. The minimum absolute atomic E-state index is 0.275. The fraction of sp³-hybridized carbons (Fsp3) is 0.423. The molecular weight excluding hydrogens is 419 g/mol. The van der Waals surface area contributed by atoms with Crippen LogP contribution >= 0.6 is 0 Å². The van der Waals surface area contributed by atoms with E-state index in [0.29, 0.717) is 31.4 Å². The van der Waals surface area contributed by atoms with E-state index in [9.17, 15) is 19.2 Å². The number of piperidine rings is 1. The van der Waals surface area contributed by atoms with Crippen molar-refractivity contribution < 1.29 is 14.0 Å². The molecule has 0 radical (unpaired) electrons. The van der Waals surface area contributed by atoms with Crippen molar-refractivity contribution in [2.75, 3.05) is 26.2 Å². The molecule has 1 atom stereocenters. The van der Waals surface area contributed by atoms with E-state index < -0.39 is 22.8 Å². The number of fused-ring (bicyclic) bond motifs is 2. The van der Waals surface area contributed by atoms with Crippen LogP contribution in [0.15, 0.2) is 48.5 Å². The van der Waals surface area contributed by atoms with Crippen molar-refractivity contribution in [2.45, 2.75) is 43.1 Å². The Hall–Kier alpha value is -3.24. The summed E-state index contributed by atoms with van der Waals surface area (Å²) in [7, 11) is 0.